The summed E-state index contributed by atoms with van der Waals surface area (Å²) in [4.78, 5) is 10.3. The van der Waals surface area contributed by atoms with E-state index >= 15 is 0 Å². The van der Waals surface area contributed by atoms with Gasteiger partial charge in [0.05, 0.1) is 0 Å². The molecule has 3 nitrogen and oxygen atoms in total. The van der Waals surface area contributed by atoms with Gasteiger partial charge < -0.3 is 10.2 Å². The quantitative estimate of drug-likeness (QED) is 0.817. The van der Waals surface area contributed by atoms with Crippen LogP contribution in [0.3, 0.4) is 0 Å². The van der Waals surface area contributed by atoms with Crippen LogP contribution in [0.4, 0.5) is 8.78 Å². The molecule has 0 fully saturated rings. The number of carboxylic acids is 1. The first-order valence-corrected chi connectivity index (χ1v) is 4.82. The van der Waals surface area contributed by atoms with Crippen molar-refractivity contribution in [2.75, 3.05) is 0 Å². The monoisotopic (exact) mass is 230 g/mol. The topological polar surface area (TPSA) is 57.5 Å². The normalized spacial score (nSPS) is 10.7. The number of carboxylic acid groups (broad SMARTS) is 1. The third-order valence-corrected chi connectivity index (χ3v) is 2.19. The predicted molar refractivity (Wildman–Crippen MR) is 53.6 cm³/mol. The third kappa shape index (κ3) is 3.49. The molecule has 88 valence electrons. The van der Waals surface area contributed by atoms with Crippen LogP contribution in [0.25, 0.3) is 0 Å². The molecule has 0 aliphatic rings. The summed E-state index contributed by atoms with van der Waals surface area (Å²) in [6.07, 6.45) is -2.04. The van der Waals surface area contributed by atoms with Crippen molar-refractivity contribution in [2.45, 2.75) is 25.7 Å². The standard InChI is InChI=1S/C11H12F2O3/c12-11(13)8-4-5-9(14)7(6-8)2-1-3-10(15)16/h4-6,11,14H,1-3H2,(H,15,16). The van der Waals surface area contributed by atoms with Crippen molar-refractivity contribution in [3.8, 4) is 5.75 Å². The lowest BCUT2D eigenvalue weighted by Gasteiger charge is -2.06. The second kappa shape index (κ2) is 5.44. The second-order valence-corrected chi connectivity index (χ2v) is 3.44. The average Bonchev–Trinajstić information content (AvgIpc) is 2.20. The highest BCUT2D eigenvalue weighted by atomic mass is 19.3. The molecule has 1 aromatic carbocycles. The Morgan fingerprint density at radius 1 is 1.38 bits per heavy atom. The molecule has 0 spiro atoms. The van der Waals surface area contributed by atoms with Gasteiger partial charge in [0, 0.05) is 12.0 Å². The van der Waals surface area contributed by atoms with Gasteiger partial charge in [0.25, 0.3) is 6.43 Å². The number of aryl methyl sites for hydroxylation is 1. The molecule has 16 heavy (non-hydrogen) atoms. The van der Waals surface area contributed by atoms with Crippen molar-refractivity contribution >= 4 is 5.97 Å². The molecule has 0 atom stereocenters. The largest absolute Gasteiger partial charge is 0.508 e. The van der Waals surface area contributed by atoms with E-state index in [0.717, 1.165) is 6.07 Å². The Balaban J connectivity index is 2.70. The molecule has 5 heteroatoms. The zero-order valence-electron chi connectivity index (χ0n) is 8.49. The number of carbonyl (C=O) groups is 1. The summed E-state index contributed by atoms with van der Waals surface area (Å²) in [5.41, 5.74) is 0.196. The molecule has 0 amide bonds. The fraction of sp³-hybridized carbons (Fsp3) is 0.364. The van der Waals surface area contributed by atoms with Gasteiger partial charge in [-0.2, -0.15) is 0 Å². The Labute approximate surface area is 91.3 Å². The molecule has 0 bridgehead atoms. The zero-order valence-corrected chi connectivity index (χ0v) is 8.49. The minimum absolute atomic E-state index is 0.0433. The van der Waals surface area contributed by atoms with E-state index in [2.05, 4.69) is 0 Å². The van der Waals surface area contributed by atoms with Crippen molar-refractivity contribution in [2.24, 2.45) is 0 Å². The number of phenols is 1. The first kappa shape index (κ1) is 12.4. The van der Waals surface area contributed by atoms with Crippen LogP contribution >= 0.6 is 0 Å². The van der Waals surface area contributed by atoms with Gasteiger partial charge in [0.15, 0.2) is 0 Å². The van der Waals surface area contributed by atoms with Gasteiger partial charge in [-0.15, -0.1) is 0 Å². The van der Waals surface area contributed by atoms with Crippen LogP contribution in [0.2, 0.25) is 0 Å². The minimum atomic E-state index is -2.58. The van der Waals surface area contributed by atoms with Crippen LogP contribution in [0, 0.1) is 0 Å². The highest BCUT2D eigenvalue weighted by molar-refractivity contribution is 5.66. The molecule has 1 aromatic rings. The molecule has 0 saturated heterocycles. The van der Waals surface area contributed by atoms with Crippen LogP contribution in [0.5, 0.6) is 5.75 Å². The van der Waals surface area contributed by atoms with Crippen molar-refractivity contribution < 1.29 is 23.8 Å². The fourth-order valence-electron chi connectivity index (χ4n) is 1.37. The Kier molecular flexibility index (Phi) is 4.22. The van der Waals surface area contributed by atoms with Crippen LogP contribution in [-0.4, -0.2) is 16.2 Å². The Bertz CT molecular complexity index is 377. The van der Waals surface area contributed by atoms with Crippen LogP contribution in [0.1, 0.15) is 30.4 Å². The number of phenolic OH excluding ortho intramolecular Hbond substituents is 1. The Morgan fingerprint density at radius 2 is 2.06 bits per heavy atom. The molecule has 1 rings (SSSR count). The lowest BCUT2D eigenvalue weighted by molar-refractivity contribution is -0.137. The zero-order chi connectivity index (χ0) is 12.1. The van der Waals surface area contributed by atoms with E-state index in [1.165, 1.54) is 12.1 Å². The maximum atomic E-state index is 12.4. The Hall–Kier alpha value is -1.65. The van der Waals surface area contributed by atoms with Gasteiger partial charge in [-0.3, -0.25) is 4.79 Å². The molecule has 0 aliphatic heterocycles. The first-order valence-electron chi connectivity index (χ1n) is 4.82. The van der Waals surface area contributed by atoms with Crippen LogP contribution in [-0.2, 0) is 11.2 Å². The van der Waals surface area contributed by atoms with Gasteiger partial charge >= 0.3 is 5.97 Å². The number of hydrogen-bond acceptors (Lipinski definition) is 2. The highest BCUT2D eigenvalue weighted by Crippen LogP contribution is 2.26. The SMILES string of the molecule is O=C(O)CCCc1cc(C(F)F)ccc1O. The maximum absolute atomic E-state index is 12.4. The molecule has 0 aromatic heterocycles. The molecule has 0 aliphatic carbocycles. The second-order valence-electron chi connectivity index (χ2n) is 3.44. The lowest BCUT2D eigenvalue weighted by Crippen LogP contribution is -1.97. The number of aliphatic carboxylic acids is 1. The van der Waals surface area contributed by atoms with Crippen LogP contribution < -0.4 is 0 Å². The number of alkyl halides is 2. The summed E-state index contributed by atoms with van der Waals surface area (Å²) in [6, 6.07) is 3.57. The van der Waals surface area contributed by atoms with E-state index in [0.29, 0.717) is 12.0 Å². The summed E-state index contributed by atoms with van der Waals surface area (Å²) in [5.74, 6) is -1.01. The molecule has 0 unspecified atom stereocenters. The smallest absolute Gasteiger partial charge is 0.303 e. The maximum Gasteiger partial charge on any atom is 0.303 e. The van der Waals surface area contributed by atoms with Gasteiger partial charge in [0.1, 0.15) is 5.75 Å². The number of halogens is 2. The fourth-order valence-corrected chi connectivity index (χ4v) is 1.37. The third-order valence-electron chi connectivity index (χ3n) is 2.19. The number of aromatic hydroxyl groups is 1. The molecule has 0 radical (unpaired) electrons. The average molecular weight is 230 g/mol. The summed E-state index contributed by atoms with van der Waals surface area (Å²) < 4.78 is 24.7. The molecule has 2 N–H and O–H groups in total. The summed E-state index contributed by atoms with van der Waals surface area (Å²) in [5, 5.41) is 17.8. The van der Waals surface area contributed by atoms with E-state index in [1.54, 1.807) is 0 Å². The first-order chi connectivity index (χ1) is 7.50. The molecule has 0 saturated carbocycles. The number of benzene rings is 1. The van der Waals surface area contributed by atoms with E-state index < -0.39 is 12.4 Å². The molecular weight excluding hydrogens is 218 g/mol. The molecule has 0 heterocycles. The van der Waals surface area contributed by atoms with Crippen molar-refractivity contribution in [1.82, 2.24) is 0 Å². The van der Waals surface area contributed by atoms with Gasteiger partial charge in [0.2, 0.25) is 0 Å². The predicted octanol–water partition coefficient (Wildman–Crippen LogP) is 2.74. The summed E-state index contributed by atoms with van der Waals surface area (Å²) >= 11 is 0. The Morgan fingerprint density at radius 3 is 2.62 bits per heavy atom. The van der Waals surface area contributed by atoms with E-state index in [9.17, 15) is 18.7 Å². The van der Waals surface area contributed by atoms with Crippen LogP contribution in [0.15, 0.2) is 18.2 Å². The highest BCUT2D eigenvalue weighted by Gasteiger charge is 2.10. The van der Waals surface area contributed by atoms with Crippen molar-refractivity contribution in [3.05, 3.63) is 29.3 Å². The summed E-state index contributed by atoms with van der Waals surface area (Å²) in [6.45, 7) is 0. The van der Waals surface area contributed by atoms with Gasteiger partial charge in [-0.1, -0.05) is 0 Å². The van der Waals surface area contributed by atoms with E-state index in [-0.39, 0.29) is 24.2 Å². The van der Waals surface area contributed by atoms with Crippen molar-refractivity contribution in [3.63, 3.8) is 0 Å². The number of rotatable bonds is 5. The van der Waals surface area contributed by atoms with Crippen molar-refractivity contribution in [1.29, 1.82) is 0 Å². The van der Waals surface area contributed by atoms with E-state index in [4.69, 9.17) is 5.11 Å². The van der Waals surface area contributed by atoms with Gasteiger partial charge in [-0.05, 0) is 36.6 Å². The summed E-state index contributed by atoms with van der Waals surface area (Å²) in [7, 11) is 0. The van der Waals surface area contributed by atoms with Gasteiger partial charge in [-0.25, -0.2) is 8.78 Å². The molecular formula is C11H12F2O3. The minimum Gasteiger partial charge on any atom is -0.508 e. The number of hydrogen-bond donors (Lipinski definition) is 2. The lowest BCUT2D eigenvalue weighted by atomic mass is 10.0. The van der Waals surface area contributed by atoms with E-state index in [1.807, 2.05) is 0 Å².